The van der Waals surface area contributed by atoms with Gasteiger partial charge in [0.05, 0.1) is 35.1 Å². The molecular formula is C29H30Cl2FN5O4. The van der Waals surface area contributed by atoms with Crippen LogP contribution in [0.25, 0.3) is 22.3 Å². The molecule has 0 aliphatic carbocycles. The van der Waals surface area contributed by atoms with Crippen LogP contribution in [0, 0.1) is 5.82 Å². The van der Waals surface area contributed by atoms with E-state index < -0.39 is 34.4 Å². The highest BCUT2D eigenvalue weighted by atomic mass is 35.5. The first-order valence-electron chi connectivity index (χ1n) is 13.3. The van der Waals surface area contributed by atoms with Crippen molar-refractivity contribution in [3.05, 3.63) is 70.9 Å². The van der Waals surface area contributed by atoms with Gasteiger partial charge in [0.1, 0.15) is 28.6 Å². The van der Waals surface area contributed by atoms with Gasteiger partial charge >= 0.3 is 0 Å². The van der Waals surface area contributed by atoms with E-state index >= 15 is 4.39 Å². The molecular weight excluding hydrogens is 572 g/mol. The molecule has 2 aliphatic heterocycles. The van der Waals surface area contributed by atoms with Gasteiger partial charge in [0.25, 0.3) is 5.25 Å². The van der Waals surface area contributed by atoms with E-state index in [9.17, 15) is 10.2 Å². The lowest BCUT2D eigenvalue weighted by molar-refractivity contribution is -0.217. The molecule has 41 heavy (non-hydrogen) atoms. The Morgan fingerprint density at radius 3 is 2.61 bits per heavy atom. The summed E-state index contributed by atoms with van der Waals surface area (Å²) in [5.41, 5.74) is 0.0302. The van der Waals surface area contributed by atoms with Crippen LogP contribution in [-0.2, 0) is 20.7 Å². The summed E-state index contributed by atoms with van der Waals surface area (Å²) in [7, 11) is 0. The van der Waals surface area contributed by atoms with Crippen molar-refractivity contribution < 1.29 is 24.1 Å². The van der Waals surface area contributed by atoms with Gasteiger partial charge in [-0.3, -0.25) is 0 Å². The van der Waals surface area contributed by atoms with Crippen LogP contribution in [0.3, 0.4) is 0 Å². The standard InChI is InChI=1S/C29H30Cl2FN5O4/c1-15(2)37-21-11-16(10-19(32)23(21)35-25(37)27(3,4)39)22-18(30)13-33-26(36-22)34-20-12-28(17-8-6-5-7-9-17)14-40-29(31,41-28)24(20)38/h5-11,13,15,20,24,38-39H,12,14H2,1-4H3,(H,33,34,36)/t20-,24+,28+,29-/m1/s1. The van der Waals surface area contributed by atoms with Crippen LogP contribution < -0.4 is 5.32 Å². The molecule has 2 aromatic carbocycles. The van der Waals surface area contributed by atoms with Crippen LogP contribution in [0.1, 0.15) is 51.5 Å². The Kier molecular flexibility index (Phi) is 6.80. The predicted molar refractivity (Wildman–Crippen MR) is 153 cm³/mol. The molecule has 12 heteroatoms. The number of aliphatic hydroxyl groups excluding tert-OH is 1. The third-order valence-corrected chi connectivity index (χ3v) is 8.25. The fourth-order valence-electron chi connectivity index (χ4n) is 5.67. The highest BCUT2D eigenvalue weighted by molar-refractivity contribution is 6.33. The number of alkyl halides is 1. The number of aliphatic hydroxyl groups is 2. The molecule has 0 unspecified atom stereocenters. The second-order valence-corrected chi connectivity index (χ2v) is 12.3. The highest BCUT2D eigenvalue weighted by Crippen LogP contribution is 2.51. The molecule has 0 amide bonds. The van der Waals surface area contributed by atoms with E-state index in [-0.39, 0.29) is 34.8 Å². The fourth-order valence-corrected chi connectivity index (χ4v) is 6.23. The molecule has 2 aliphatic rings. The van der Waals surface area contributed by atoms with Gasteiger partial charge in [-0.15, -0.1) is 0 Å². The quantitative estimate of drug-likeness (QED) is 0.249. The van der Waals surface area contributed by atoms with Gasteiger partial charge in [0.15, 0.2) is 5.82 Å². The van der Waals surface area contributed by atoms with Crippen LogP contribution in [0.2, 0.25) is 5.02 Å². The zero-order valence-electron chi connectivity index (χ0n) is 22.9. The number of aromatic nitrogens is 4. The monoisotopic (exact) mass is 601 g/mol. The Labute approximate surface area is 246 Å². The van der Waals surface area contributed by atoms with Gasteiger partial charge in [-0.2, -0.15) is 0 Å². The molecule has 9 nitrogen and oxygen atoms in total. The number of fused-ring (bicyclic) bond motifs is 3. The zero-order valence-corrected chi connectivity index (χ0v) is 24.4. The van der Waals surface area contributed by atoms with E-state index in [1.165, 1.54) is 12.3 Å². The van der Waals surface area contributed by atoms with Gasteiger partial charge < -0.3 is 29.6 Å². The number of imidazole rings is 1. The maximum absolute atomic E-state index is 15.4. The maximum Gasteiger partial charge on any atom is 0.278 e. The third-order valence-electron chi connectivity index (χ3n) is 7.56. The largest absolute Gasteiger partial charge is 0.384 e. The molecule has 0 saturated carbocycles. The van der Waals surface area contributed by atoms with E-state index in [4.69, 9.17) is 32.7 Å². The molecule has 4 aromatic rings. The average Bonchev–Trinajstić information content (AvgIpc) is 3.47. The number of hydrogen-bond acceptors (Lipinski definition) is 8. The summed E-state index contributed by atoms with van der Waals surface area (Å²) in [6.07, 6.45) is 0.485. The molecule has 3 N–H and O–H groups in total. The Bertz CT molecular complexity index is 1630. The van der Waals surface area contributed by atoms with Crippen molar-refractivity contribution >= 4 is 40.2 Å². The number of nitrogens with one attached hydrogen (secondary N) is 1. The molecule has 2 bridgehead atoms. The number of halogens is 3. The lowest BCUT2D eigenvalue weighted by atomic mass is 9.84. The Morgan fingerprint density at radius 1 is 1.20 bits per heavy atom. The van der Waals surface area contributed by atoms with Crippen molar-refractivity contribution in [2.45, 2.75) is 68.8 Å². The second kappa shape index (κ2) is 9.86. The van der Waals surface area contributed by atoms with Crippen molar-refractivity contribution in [1.29, 1.82) is 0 Å². The molecule has 2 aromatic heterocycles. The van der Waals surface area contributed by atoms with Gasteiger partial charge in [-0.1, -0.05) is 53.5 Å². The lowest BCUT2D eigenvalue weighted by Crippen LogP contribution is -2.56. The lowest BCUT2D eigenvalue weighted by Gasteiger charge is -2.42. The molecule has 6 rings (SSSR count). The van der Waals surface area contributed by atoms with E-state index in [1.807, 2.05) is 44.2 Å². The highest BCUT2D eigenvalue weighted by Gasteiger charge is 2.62. The minimum atomic E-state index is -1.75. The summed E-state index contributed by atoms with van der Waals surface area (Å²) in [6.45, 7) is 7.25. The summed E-state index contributed by atoms with van der Waals surface area (Å²) in [5, 5.41) is 23.4. The van der Waals surface area contributed by atoms with Crippen LogP contribution >= 0.6 is 23.2 Å². The summed E-state index contributed by atoms with van der Waals surface area (Å²) < 4.78 is 29.1. The minimum absolute atomic E-state index is 0.110. The van der Waals surface area contributed by atoms with E-state index in [0.717, 1.165) is 5.56 Å². The van der Waals surface area contributed by atoms with Crippen LogP contribution in [-0.4, -0.2) is 53.7 Å². The second-order valence-electron chi connectivity index (χ2n) is 11.4. The molecule has 4 atom stereocenters. The minimum Gasteiger partial charge on any atom is -0.384 e. The van der Waals surface area contributed by atoms with Gasteiger partial charge in [-0.05, 0) is 45.4 Å². The average molecular weight is 602 g/mol. The van der Waals surface area contributed by atoms with Crippen molar-refractivity contribution in [2.75, 3.05) is 11.9 Å². The Hall–Kier alpha value is -2.86. The number of ether oxygens (including phenoxy) is 2. The molecule has 2 fully saturated rings. The first kappa shape index (κ1) is 28.3. The van der Waals surface area contributed by atoms with Crippen LogP contribution in [0.15, 0.2) is 48.7 Å². The smallest absolute Gasteiger partial charge is 0.278 e. The topological polar surface area (TPSA) is 115 Å². The summed E-state index contributed by atoms with van der Waals surface area (Å²) in [4.78, 5) is 13.3. The SMILES string of the molecule is CC(C)n1c(C(C)(C)O)nc2c(F)cc(-c3nc(N[C@@H]4C[C@@]5(c6ccccc6)CO[C@@](Cl)(O5)[C@H]4O)ncc3Cl)cc21. The zero-order chi connectivity index (χ0) is 29.3. The fraction of sp³-hybridized carbons (Fsp3) is 0.414. The Morgan fingerprint density at radius 2 is 1.93 bits per heavy atom. The maximum atomic E-state index is 15.4. The van der Waals surface area contributed by atoms with Gasteiger partial charge in [0, 0.05) is 18.0 Å². The summed E-state index contributed by atoms with van der Waals surface area (Å²) in [5.74, 6) is -0.0651. The number of nitrogens with zero attached hydrogens (tertiary/aromatic N) is 4. The van der Waals surface area contributed by atoms with Crippen LogP contribution in [0.4, 0.5) is 10.3 Å². The number of benzene rings is 2. The van der Waals surface area contributed by atoms with Gasteiger partial charge in [0.2, 0.25) is 5.95 Å². The van der Waals surface area contributed by atoms with Crippen LogP contribution in [0.5, 0.6) is 0 Å². The molecule has 4 heterocycles. The molecule has 0 spiro atoms. The van der Waals surface area contributed by atoms with Gasteiger partial charge in [-0.25, -0.2) is 19.3 Å². The normalized spacial score (nSPS) is 26.2. The van der Waals surface area contributed by atoms with Crippen molar-refractivity contribution in [3.8, 4) is 11.3 Å². The molecule has 0 radical (unpaired) electrons. The van der Waals surface area contributed by atoms with E-state index in [2.05, 4.69) is 20.3 Å². The van der Waals surface area contributed by atoms with Crippen molar-refractivity contribution in [1.82, 2.24) is 19.5 Å². The summed E-state index contributed by atoms with van der Waals surface area (Å²) >= 11 is 13.1. The molecule has 216 valence electrons. The first-order valence-corrected chi connectivity index (χ1v) is 14.1. The number of anilines is 1. The number of rotatable bonds is 6. The van der Waals surface area contributed by atoms with Crippen molar-refractivity contribution in [3.63, 3.8) is 0 Å². The Balaban J connectivity index is 1.38. The molecule has 2 saturated heterocycles. The first-order chi connectivity index (χ1) is 19.3. The summed E-state index contributed by atoms with van der Waals surface area (Å²) in [6, 6.07) is 11.8. The van der Waals surface area contributed by atoms with E-state index in [1.54, 1.807) is 24.5 Å². The number of hydrogen-bond donors (Lipinski definition) is 3. The predicted octanol–water partition coefficient (Wildman–Crippen LogP) is 5.47. The van der Waals surface area contributed by atoms with Crippen molar-refractivity contribution in [2.24, 2.45) is 0 Å². The third kappa shape index (κ3) is 4.76. The van der Waals surface area contributed by atoms with E-state index in [0.29, 0.717) is 23.3 Å².